The van der Waals surface area contributed by atoms with E-state index in [2.05, 4.69) is 6.07 Å². The average molecular weight is 317 g/mol. The molecule has 1 spiro atoms. The fourth-order valence-corrected chi connectivity index (χ4v) is 3.76. The Kier molecular flexibility index (Phi) is 3.99. The van der Waals surface area contributed by atoms with E-state index in [0.717, 1.165) is 30.6 Å². The maximum Gasteiger partial charge on any atom is 0.228 e. The Morgan fingerprint density at radius 1 is 1.13 bits per heavy atom. The number of carbonyl (C=O) groups is 1. The highest BCUT2D eigenvalue weighted by Gasteiger charge is 2.42. The zero-order chi connectivity index (χ0) is 15.7. The van der Waals surface area contributed by atoms with Crippen molar-refractivity contribution in [1.29, 1.82) is 0 Å². The van der Waals surface area contributed by atoms with Gasteiger partial charge in [-0.1, -0.05) is 18.2 Å². The van der Waals surface area contributed by atoms with Crippen LogP contribution in [0.2, 0.25) is 0 Å². The number of amides is 1. The van der Waals surface area contributed by atoms with Gasteiger partial charge in [0.1, 0.15) is 11.4 Å². The second-order valence-corrected chi connectivity index (χ2v) is 6.76. The van der Waals surface area contributed by atoms with Crippen LogP contribution in [-0.2, 0) is 20.8 Å². The van der Waals surface area contributed by atoms with E-state index in [1.807, 2.05) is 23.1 Å². The van der Waals surface area contributed by atoms with E-state index >= 15 is 0 Å². The lowest BCUT2D eigenvalue weighted by molar-refractivity contribution is -0.140. The first-order valence-electron chi connectivity index (χ1n) is 8.47. The van der Waals surface area contributed by atoms with Crippen LogP contribution in [0.1, 0.15) is 24.8 Å². The molecule has 1 aromatic rings. The first-order valence-corrected chi connectivity index (χ1v) is 8.47. The maximum absolute atomic E-state index is 12.9. The molecular weight excluding hydrogens is 294 g/mol. The van der Waals surface area contributed by atoms with Gasteiger partial charge in [0, 0.05) is 31.6 Å². The Labute approximate surface area is 136 Å². The molecule has 124 valence electrons. The average Bonchev–Trinajstić information content (AvgIpc) is 3.05. The highest BCUT2D eigenvalue weighted by atomic mass is 16.5. The molecule has 0 aliphatic carbocycles. The van der Waals surface area contributed by atoms with E-state index in [4.69, 9.17) is 14.2 Å². The van der Waals surface area contributed by atoms with Crippen molar-refractivity contribution in [1.82, 2.24) is 4.90 Å². The zero-order valence-electron chi connectivity index (χ0n) is 13.3. The molecule has 1 amide bonds. The minimum atomic E-state index is -0.319. The summed E-state index contributed by atoms with van der Waals surface area (Å²) in [5.74, 6) is 1.11. The fourth-order valence-electron chi connectivity index (χ4n) is 3.76. The van der Waals surface area contributed by atoms with Crippen LogP contribution in [0, 0.1) is 5.92 Å². The smallest absolute Gasteiger partial charge is 0.228 e. The van der Waals surface area contributed by atoms with Gasteiger partial charge in [0.25, 0.3) is 0 Å². The molecule has 0 N–H and O–H groups in total. The second kappa shape index (κ2) is 6.13. The highest BCUT2D eigenvalue weighted by molar-refractivity contribution is 5.79. The normalized spacial score (nSPS) is 26.4. The number of benzene rings is 1. The lowest BCUT2D eigenvalue weighted by Gasteiger charge is -2.39. The molecule has 1 atom stereocenters. The van der Waals surface area contributed by atoms with Gasteiger partial charge in [-0.3, -0.25) is 4.79 Å². The van der Waals surface area contributed by atoms with Crippen LogP contribution >= 0.6 is 0 Å². The molecule has 0 aromatic heterocycles. The number of hydrogen-bond acceptors (Lipinski definition) is 4. The lowest BCUT2D eigenvalue weighted by atomic mass is 9.92. The summed E-state index contributed by atoms with van der Waals surface area (Å²) in [6, 6.07) is 8.07. The number of rotatable bonds is 1. The van der Waals surface area contributed by atoms with E-state index in [1.54, 1.807) is 0 Å². The van der Waals surface area contributed by atoms with E-state index in [-0.39, 0.29) is 17.4 Å². The summed E-state index contributed by atoms with van der Waals surface area (Å²) in [4.78, 5) is 14.9. The molecule has 23 heavy (non-hydrogen) atoms. The second-order valence-electron chi connectivity index (χ2n) is 6.76. The van der Waals surface area contributed by atoms with Gasteiger partial charge in [-0.15, -0.1) is 0 Å². The van der Waals surface area contributed by atoms with E-state index in [9.17, 15) is 4.79 Å². The molecule has 0 unspecified atom stereocenters. The van der Waals surface area contributed by atoms with Gasteiger partial charge in [-0.05, 0) is 12.5 Å². The molecule has 0 bridgehead atoms. The van der Waals surface area contributed by atoms with Crippen molar-refractivity contribution in [2.45, 2.75) is 31.4 Å². The van der Waals surface area contributed by atoms with Crippen molar-refractivity contribution >= 4 is 5.91 Å². The standard InChI is InChI=1S/C18H23NO4/c20-17(15-5-8-22-12-15)19-11-14-3-1-2-4-16(14)23-18(13-19)6-9-21-10-7-18/h1-4,15H,5-13H2/t15-/m0/s1. The van der Waals surface area contributed by atoms with Crippen LogP contribution in [0.3, 0.4) is 0 Å². The summed E-state index contributed by atoms with van der Waals surface area (Å²) in [5.41, 5.74) is 0.767. The summed E-state index contributed by atoms with van der Waals surface area (Å²) < 4.78 is 17.3. The van der Waals surface area contributed by atoms with Crippen molar-refractivity contribution in [3.8, 4) is 5.75 Å². The summed E-state index contributed by atoms with van der Waals surface area (Å²) in [6.45, 7) is 3.88. The molecular formula is C18H23NO4. The largest absolute Gasteiger partial charge is 0.485 e. The monoisotopic (exact) mass is 317 g/mol. The highest BCUT2D eigenvalue weighted by Crippen LogP contribution is 2.35. The van der Waals surface area contributed by atoms with Crippen LogP contribution in [0.15, 0.2) is 24.3 Å². The molecule has 0 saturated carbocycles. The molecule has 5 heteroatoms. The number of hydrogen-bond donors (Lipinski definition) is 0. The van der Waals surface area contributed by atoms with Crippen molar-refractivity contribution in [2.75, 3.05) is 33.0 Å². The number of fused-ring (bicyclic) bond motifs is 1. The molecule has 3 aliphatic heterocycles. The van der Waals surface area contributed by atoms with Gasteiger partial charge in [0.05, 0.1) is 32.3 Å². The van der Waals surface area contributed by atoms with E-state index in [1.165, 1.54) is 0 Å². The summed E-state index contributed by atoms with van der Waals surface area (Å²) in [6.07, 6.45) is 2.48. The Hall–Kier alpha value is -1.59. The molecule has 1 aromatic carbocycles. The third-order valence-corrected chi connectivity index (χ3v) is 5.13. The molecule has 3 aliphatic rings. The third kappa shape index (κ3) is 2.95. The Morgan fingerprint density at radius 3 is 2.74 bits per heavy atom. The maximum atomic E-state index is 12.9. The van der Waals surface area contributed by atoms with Gasteiger partial charge in [-0.2, -0.15) is 0 Å². The first kappa shape index (κ1) is 15.0. The first-order chi connectivity index (χ1) is 11.3. The topological polar surface area (TPSA) is 48.0 Å². The molecule has 3 heterocycles. The summed E-state index contributed by atoms with van der Waals surface area (Å²) in [7, 11) is 0. The minimum absolute atomic E-state index is 0.00264. The van der Waals surface area contributed by atoms with Crippen LogP contribution in [0.4, 0.5) is 0 Å². The van der Waals surface area contributed by atoms with Gasteiger partial charge in [0.2, 0.25) is 5.91 Å². The SMILES string of the molecule is O=C([C@H]1CCOC1)N1Cc2ccccc2OC2(CCOCC2)C1. The zero-order valence-corrected chi connectivity index (χ0v) is 13.3. The van der Waals surface area contributed by atoms with Crippen molar-refractivity contribution in [3.63, 3.8) is 0 Å². The number of carbonyl (C=O) groups excluding carboxylic acids is 1. The third-order valence-electron chi connectivity index (χ3n) is 5.13. The van der Waals surface area contributed by atoms with Crippen LogP contribution in [0.25, 0.3) is 0 Å². The predicted octanol–water partition coefficient (Wildman–Crippen LogP) is 1.99. The van der Waals surface area contributed by atoms with Crippen molar-refractivity contribution in [3.05, 3.63) is 29.8 Å². The van der Waals surface area contributed by atoms with Gasteiger partial charge in [-0.25, -0.2) is 0 Å². The van der Waals surface area contributed by atoms with E-state index < -0.39 is 0 Å². The predicted molar refractivity (Wildman–Crippen MR) is 84.2 cm³/mol. The Balaban J connectivity index is 1.64. The van der Waals surface area contributed by atoms with Crippen LogP contribution in [-0.4, -0.2) is 49.4 Å². The number of para-hydroxylation sites is 1. The molecule has 5 nitrogen and oxygen atoms in total. The van der Waals surface area contributed by atoms with Crippen molar-refractivity contribution in [2.24, 2.45) is 5.92 Å². The van der Waals surface area contributed by atoms with Gasteiger partial charge < -0.3 is 19.1 Å². The number of nitrogens with zero attached hydrogens (tertiary/aromatic N) is 1. The number of ether oxygens (including phenoxy) is 3. The fraction of sp³-hybridized carbons (Fsp3) is 0.611. The lowest BCUT2D eigenvalue weighted by Crippen LogP contribution is -2.51. The van der Waals surface area contributed by atoms with Gasteiger partial charge in [0.15, 0.2) is 0 Å². The summed E-state index contributed by atoms with van der Waals surface area (Å²) in [5, 5.41) is 0. The Morgan fingerprint density at radius 2 is 1.96 bits per heavy atom. The van der Waals surface area contributed by atoms with E-state index in [0.29, 0.717) is 39.5 Å². The molecule has 4 rings (SSSR count). The van der Waals surface area contributed by atoms with Crippen LogP contribution < -0.4 is 4.74 Å². The molecule has 2 saturated heterocycles. The van der Waals surface area contributed by atoms with Crippen LogP contribution in [0.5, 0.6) is 5.75 Å². The minimum Gasteiger partial charge on any atom is -0.485 e. The van der Waals surface area contributed by atoms with Crippen molar-refractivity contribution < 1.29 is 19.0 Å². The molecule has 0 radical (unpaired) electrons. The van der Waals surface area contributed by atoms with Gasteiger partial charge >= 0.3 is 0 Å². The summed E-state index contributed by atoms with van der Waals surface area (Å²) >= 11 is 0. The quantitative estimate of drug-likeness (QED) is 0.795. The Bertz CT molecular complexity index is 576. The molecule has 2 fully saturated rings.